The lowest BCUT2D eigenvalue weighted by atomic mass is 9.98. The molecule has 0 aliphatic heterocycles. The van der Waals surface area contributed by atoms with Crippen LogP contribution in [0.1, 0.15) is 50.2 Å². The summed E-state index contributed by atoms with van der Waals surface area (Å²) in [7, 11) is 1.73. The van der Waals surface area contributed by atoms with Gasteiger partial charge in [-0.05, 0) is 49.8 Å². The van der Waals surface area contributed by atoms with Crippen LogP contribution >= 0.6 is 0 Å². The number of nitrogens with zero attached hydrogens (tertiary/aromatic N) is 3. The third-order valence-corrected chi connectivity index (χ3v) is 4.91. The molecular formula is C20H24F3N3O. The zero-order valence-electron chi connectivity index (χ0n) is 15.6. The van der Waals surface area contributed by atoms with E-state index in [4.69, 9.17) is 4.74 Å². The molecule has 4 nitrogen and oxygen atoms in total. The molecule has 1 heterocycles. The van der Waals surface area contributed by atoms with Gasteiger partial charge < -0.3 is 9.64 Å². The van der Waals surface area contributed by atoms with Crippen molar-refractivity contribution in [1.82, 2.24) is 9.97 Å². The van der Waals surface area contributed by atoms with Gasteiger partial charge in [-0.3, -0.25) is 0 Å². The van der Waals surface area contributed by atoms with Gasteiger partial charge in [-0.15, -0.1) is 0 Å². The third-order valence-electron chi connectivity index (χ3n) is 4.91. The van der Waals surface area contributed by atoms with Crippen molar-refractivity contribution in [3.8, 4) is 5.88 Å². The number of ether oxygens (including phenoxy) is 1. The fraction of sp³-hybridized carbons (Fsp3) is 0.500. The first kappa shape index (κ1) is 19.5. The number of halogens is 3. The molecule has 7 heteroatoms. The average molecular weight is 379 g/mol. The van der Waals surface area contributed by atoms with Crippen molar-refractivity contribution >= 4 is 11.6 Å². The SMILES string of the molecule is CCc1ccc(N(C)c2ncc(C(F)(F)F)c(OC3CCCCC3)n2)cc1. The van der Waals surface area contributed by atoms with Crippen molar-refractivity contribution in [2.75, 3.05) is 11.9 Å². The van der Waals surface area contributed by atoms with Crippen LogP contribution in [-0.4, -0.2) is 23.1 Å². The number of benzene rings is 1. The number of aromatic nitrogens is 2. The Morgan fingerprint density at radius 3 is 2.37 bits per heavy atom. The Kier molecular flexibility index (Phi) is 5.87. The number of alkyl halides is 3. The normalized spacial score (nSPS) is 15.6. The van der Waals surface area contributed by atoms with E-state index in [-0.39, 0.29) is 17.9 Å². The van der Waals surface area contributed by atoms with Crippen molar-refractivity contribution in [1.29, 1.82) is 0 Å². The monoisotopic (exact) mass is 379 g/mol. The van der Waals surface area contributed by atoms with Gasteiger partial charge in [0.25, 0.3) is 0 Å². The Morgan fingerprint density at radius 1 is 1.11 bits per heavy atom. The van der Waals surface area contributed by atoms with E-state index in [0.29, 0.717) is 0 Å². The van der Waals surface area contributed by atoms with Gasteiger partial charge in [-0.2, -0.15) is 18.2 Å². The summed E-state index contributed by atoms with van der Waals surface area (Å²) in [5.74, 6) is -0.200. The molecule has 1 aliphatic rings. The smallest absolute Gasteiger partial charge is 0.423 e. The second-order valence-electron chi connectivity index (χ2n) is 6.84. The maximum Gasteiger partial charge on any atom is 0.423 e. The maximum absolute atomic E-state index is 13.4. The van der Waals surface area contributed by atoms with Crippen LogP contribution in [0.4, 0.5) is 24.8 Å². The van der Waals surface area contributed by atoms with Gasteiger partial charge >= 0.3 is 6.18 Å². The summed E-state index contributed by atoms with van der Waals surface area (Å²) >= 11 is 0. The van der Waals surface area contributed by atoms with Gasteiger partial charge in [0.15, 0.2) is 0 Å². The van der Waals surface area contributed by atoms with Gasteiger partial charge in [-0.1, -0.05) is 25.5 Å². The number of aryl methyl sites for hydroxylation is 1. The molecule has 0 saturated heterocycles. The second kappa shape index (κ2) is 8.15. The van der Waals surface area contributed by atoms with E-state index in [1.165, 1.54) is 5.56 Å². The minimum atomic E-state index is -4.55. The van der Waals surface area contributed by atoms with Crippen LogP contribution in [0.3, 0.4) is 0 Å². The molecule has 1 aromatic heterocycles. The minimum Gasteiger partial charge on any atom is -0.474 e. The standard InChI is InChI=1S/C20H24F3N3O/c1-3-14-9-11-15(12-10-14)26(2)19-24-13-17(20(21,22)23)18(25-19)27-16-7-5-4-6-8-16/h9-13,16H,3-8H2,1-2H3. The highest BCUT2D eigenvalue weighted by Crippen LogP contribution is 2.37. The molecular weight excluding hydrogens is 355 g/mol. The first-order valence-corrected chi connectivity index (χ1v) is 9.32. The Hall–Kier alpha value is -2.31. The molecule has 0 radical (unpaired) electrons. The molecule has 0 bridgehead atoms. The van der Waals surface area contributed by atoms with Gasteiger partial charge in [0.05, 0.1) is 0 Å². The first-order chi connectivity index (χ1) is 12.9. The topological polar surface area (TPSA) is 38.2 Å². The van der Waals surface area contributed by atoms with E-state index < -0.39 is 11.7 Å². The minimum absolute atomic E-state index is 0.179. The Bertz CT molecular complexity index is 756. The lowest BCUT2D eigenvalue weighted by Crippen LogP contribution is -2.23. The maximum atomic E-state index is 13.4. The van der Waals surface area contributed by atoms with Crippen molar-refractivity contribution in [2.24, 2.45) is 0 Å². The highest BCUT2D eigenvalue weighted by molar-refractivity contribution is 5.57. The number of rotatable bonds is 5. The van der Waals surface area contributed by atoms with Crippen molar-refractivity contribution in [3.63, 3.8) is 0 Å². The summed E-state index contributed by atoms with van der Waals surface area (Å²) in [6, 6.07) is 7.77. The van der Waals surface area contributed by atoms with Crippen LogP contribution in [-0.2, 0) is 12.6 Å². The molecule has 1 aliphatic carbocycles. The van der Waals surface area contributed by atoms with E-state index >= 15 is 0 Å². The molecule has 1 aromatic carbocycles. The number of hydrogen-bond acceptors (Lipinski definition) is 4. The van der Waals surface area contributed by atoms with E-state index in [1.807, 2.05) is 24.3 Å². The van der Waals surface area contributed by atoms with Gasteiger partial charge in [0.1, 0.15) is 11.7 Å². The summed E-state index contributed by atoms with van der Waals surface area (Å²) in [6.45, 7) is 2.06. The average Bonchev–Trinajstić information content (AvgIpc) is 2.67. The van der Waals surface area contributed by atoms with E-state index in [9.17, 15) is 13.2 Å². The Labute approximate surface area is 157 Å². The molecule has 3 rings (SSSR count). The summed E-state index contributed by atoms with van der Waals surface area (Å²) in [4.78, 5) is 9.72. The van der Waals surface area contributed by atoms with Crippen LogP contribution in [0.2, 0.25) is 0 Å². The van der Waals surface area contributed by atoms with Crippen molar-refractivity contribution < 1.29 is 17.9 Å². The van der Waals surface area contributed by atoms with Gasteiger partial charge in [-0.25, -0.2) is 4.98 Å². The predicted octanol–water partition coefficient (Wildman–Crippen LogP) is 5.54. The lowest BCUT2D eigenvalue weighted by molar-refractivity contribution is -0.140. The second-order valence-corrected chi connectivity index (χ2v) is 6.84. The zero-order chi connectivity index (χ0) is 19.4. The highest BCUT2D eigenvalue weighted by atomic mass is 19.4. The number of anilines is 2. The highest BCUT2D eigenvalue weighted by Gasteiger charge is 2.37. The lowest BCUT2D eigenvalue weighted by Gasteiger charge is -2.25. The molecule has 1 saturated carbocycles. The fourth-order valence-corrected chi connectivity index (χ4v) is 3.21. The molecule has 0 unspecified atom stereocenters. The van der Waals surface area contributed by atoms with Crippen LogP contribution in [0.25, 0.3) is 0 Å². The van der Waals surface area contributed by atoms with Crippen LogP contribution in [0.5, 0.6) is 5.88 Å². The molecule has 1 fully saturated rings. The summed E-state index contributed by atoms with van der Waals surface area (Å²) in [6.07, 6.45) is 1.49. The van der Waals surface area contributed by atoms with E-state index in [0.717, 1.165) is 50.4 Å². The fourth-order valence-electron chi connectivity index (χ4n) is 3.21. The first-order valence-electron chi connectivity index (χ1n) is 9.32. The van der Waals surface area contributed by atoms with Crippen LogP contribution < -0.4 is 9.64 Å². The molecule has 2 aromatic rings. The Balaban J connectivity index is 1.89. The number of hydrogen-bond donors (Lipinski definition) is 0. The molecule has 0 spiro atoms. The third kappa shape index (κ3) is 4.70. The molecule has 0 atom stereocenters. The van der Waals surface area contributed by atoms with Gasteiger partial charge in [0, 0.05) is 18.9 Å². The molecule has 27 heavy (non-hydrogen) atoms. The largest absolute Gasteiger partial charge is 0.474 e. The van der Waals surface area contributed by atoms with Gasteiger partial charge in [0.2, 0.25) is 11.8 Å². The molecule has 0 amide bonds. The van der Waals surface area contributed by atoms with Crippen molar-refractivity contribution in [3.05, 3.63) is 41.6 Å². The molecule has 0 N–H and O–H groups in total. The quantitative estimate of drug-likeness (QED) is 0.684. The van der Waals surface area contributed by atoms with Crippen LogP contribution in [0.15, 0.2) is 30.5 Å². The predicted molar refractivity (Wildman–Crippen MR) is 98.4 cm³/mol. The Morgan fingerprint density at radius 2 is 1.78 bits per heavy atom. The zero-order valence-corrected chi connectivity index (χ0v) is 15.6. The molecule has 146 valence electrons. The summed E-state index contributed by atoms with van der Waals surface area (Å²) in [5.41, 5.74) is 1.06. The van der Waals surface area contributed by atoms with E-state index in [2.05, 4.69) is 16.9 Å². The summed E-state index contributed by atoms with van der Waals surface area (Å²) < 4.78 is 45.8. The summed E-state index contributed by atoms with van der Waals surface area (Å²) in [5, 5.41) is 0. The van der Waals surface area contributed by atoms with Crippen LogP contribution in [0, 0.1) is 0 Å². The van der Waals surface area contributed by atoms with E-state index in [1.54, 1.807) is 11.9 Å². The van der Waals surface area contributed by atoms with Crippen molar-refractivity contribution in [2.45, 2.75) is 57.7 Å².